The minimum Gasteiger partial charge on any atom is -0.338 e. The molecule has 1 amide bonds. The second-order valence-corrected chi connectivity index (χ2v) is 9.06. The van der Waals surface area contributed by atoms with E-state index in [1.165, 1.54) is 12.1 Å². The van der Waals surface area contributed by atoms with Crippen molar-refractivity contribution in [3.05, 3.63) is 29.8 Å². The minimum atomic E-state index is -3.64. The molecule has 1 unspecified atom stereocenters. The fourth-order valence-corrected chi connectivity index (χ4v) is 4.28. The van der Waals surface area contributed by atoms with E-state index in [0.717, 1.165) is 25.9 Å². The number of nitrogens with one attached hydrogen (secondary N) is 1. The molecule has 1 N–H and O–H groups in total. The summed E-state index contributed by atoms with van der Waals surface area (Å²) >= 11 is 0. The number of benzene rings is 1. The van der Waals surface area contributed by atoms with Crippen molar-refractivity contribution in [3.63, 3.8) is 0 Å². The average molecular weight is 338 g/mol. The van der Waals surface area contributed by atoms with Gasteiger partial charge in [0.15, 0.2) is 0 Å². The molecule has 1 fully saturated rings. The summed E-state index contributed by atoms with van der Waals surface area (Å²) in [5, 5.41) is 0. The van der Waals surface area contributed by atoms with Crippen molar-refractivity contribution in [2.75, 3.05) is 13.1 Å². The fraction of sp³-hybridized carbons (Fsp3) is 0.588. The predicted octanol–water partition coefficient (Wildman–Crippen LogP) is 2.64. The van der Waals surface area contributed by atoms with Crippen LogP contribution in [-0.4, -0.2) is 37.9 Å². The molecule has 1 saturated heterocycles. The third-order valence-electron chi connectivity index (χ3n) is 3.78. The van der Waals surface area contributed by atoms with Gasteiger partial charge in [-0.2, -0.15) is 0 Å². The second-order valence-electron chi connectivity index (χ2n) is 7.38. The first kappa shape index (κ1) is 17.9. The van der Waals surface area contributed by atoms with Crippen molar-refractivity contribution in [2.24, 2.45) is 5.92 Å². The molecule has 128 valence electrons. The SMILES string of the molecule is CC1CCCN(C(=O)c2cccc(S(=O)(=O)NC(C)(C)C)c2)C1. The van der Waals surface area contributed by atoms with Gasteiger partial charge in [0.1, 0.15) is 0 Å². The van der Waals surface area contributed by atoms with E-state index >= 15 is 0 Å². The third kappa shape index (κ3) is 4.78. The standard InChI is InChI=1S/C17H26N2O3S/c1-13-7-6-10-19(12-13)16(20)14-8-5-9-15(11-14)23(21,22)18-17(2,3)4/h5,8-9,11,13,18H,6-7,10,12H2,1-4H3. The molecule has 0 bridgehead atoms. The number of carbonyl (C=O) groups is 1. The Bertz CT molecular complexity index is 677. The highest BCUT2D eigenvalue weighted by Gasteiger charge is 2.25. The number of sulfonamides is 1. The first-order valence-corrected chi connectivity index (χ1v) is 9.50. The zero-order valence-corrected chi connectivity index (χ0v) is 15.1. The van der Waals surface area contributed by atoms with Gasteiger partial charge in [-0.3, -0.25) is 4.79 Å². The zero-order valence-electron chi connectivity index (χ0n) is 14.3. The maximum absolute atomic E-state index is 12.6. The highest BCUT2D eigenvalue weighted by Crippen LogP contribution is 2.20. The van der Waals surface area contributed by atoms with Gasteiger partial charge in [-0.05, 0) is 57.7 Å². The van der Waals surface area contributed by atoms with Gasteiger partial charge in [0.2, 0.25) is 10.0 Å². The molecule has 0 aromatic heterocycles. The van der Waals surface area contributed by atoms with Crippen molar-refractivity contribution in [2.45, 2.75) is 51.0 Å². The molecule has 1 aliphatic heterocycles. The summed E-state index contributed by atoms with van der Waals surface area (Å²) in [6.07, 6.45) is 2.13. The molecular formula is C17H26N2O3S. The Kier molecular flexibility index (Phi) is 5.16. The summed E-state index contributed by atoms with van der Waals surface area (Å²) in [6.45, 7) is 8.96. The van der Waals surface area contributed by atoms with Crippen LogP contribution in [-0.2, 0) is 10.0 Å². The van der Waals surface area contributed by atoms with Crippen LogP contribution in [0.3, 0.4) is 0 Å². The van der Waals surface area contributed by atoms with Gasteiger partial charge in [0, 0.05) is 24.2 Å². The molecule has 6 heteroatoms. The van der Waals surface area contributed by atoms with Crippen molar-refractivity contribution in [3.8, 4) is 0 Å². The number of rotatable bonds is 3. The molecule has 1 aromatic carbocycles. The molecule has 0 aliphatic carbocycles. The Morgan fingerprint density at radius 1 is 1.30 bits per heavy atom. The highest BCUT2D eigenvalue weighted by atomic mass is 32.2. The normalized spacial score (nSPS) is 19.7. The zero-order chi connectivity index (χ0) is 17.3. The lowest BCUT2D eigenvalue weighted by atomic mass is 9.99. The summed E-state index contributed by atoms with van der Waals surface area (Å²) in [5.41, 5.74) is -0.142. The lowest BCUT2D eigenvalue weighted by Gasteiger charge is -2.31. The van der Waals surface area contributed by atoms with E-state index in [1.54, 1.807) is 32.9 Å². The fourth-order valence-electron chi connectivity index (χ4n) is 2.81. The number of hydrogen-bond donors (Lipinski definition) is 1. The molecule has 1 heterocycles. The molecular weight excluding hydrogens is 312 g/mol. The number of likely N-dealkylation sites (tertiary alicyclic amines) is 1. The molecule has 0 saturated carbocycles. The smallest absolute Gasteiger partial charge is 0.253 e. The van der Waals surface area contributed by atoms with Crippen molar-refractivity contribution < 1.29 is 13.2 Å². The number of amides is 1. The van der Waals surface area contributed by atoms with Gasteiger partial charge in [0.25, 0.3) is 5.91 Å². The van der Waals surface area contributed by atoms with Gasteiger partial charge in [-0.15, -0.1) is 0 Å². The van der Waals surface area contributed by atoms with Crippen LogP contribution in [0.25, 0.3) is 0 Å². The van der Waals surface area contributed by atoms with Crippen molar-refractivity contribution >= 4 is 15.9 Å². The Morgan fingerprint density at radius 3 is 2.61 bits per heavy atom. The maximum atomic E-state index is 12.6. The minimum absolute atomic E-state index is 0.0932. The van der Waals surface area contributed by atoms with Gasteiger partial charge in [-0.1, -0.05) is 13.0 Å². The van der Waals surface area contributed by atoms with Crippen LogP contribution in [0.5, 0.6) is 0 Å². The molecule has 1 aromatic rings. The van der Waals surface area contributed by atoms with E-state index < -0.39 is 15.6 Å². The van der Waals surface area contributed by atoms with E-state index in [1.807, 2.05) is 4.90 Å². The molecule has 1 atom stereocenters. The van der Waals surface area contributed by atoms with Crippen molar-refractivity contribution in [1.29, 1.82) is 0 Å². The number of hydrogen-bond acceptors (Lipinski definition) is 3. The van der Waals surface area contributed by atoms with Crippen LogP contribution < -0.4 is 4.72 Å². The summed E-state index contributed by atoms with van der Waals surface area (Å²) < 4.78 is 27.4. The van der Waals surface area contributed by atoms with Crippen molar-refractivity contribution in [1.82, 2.24) is 9.62 Å². The molecule has 23 heavy (non-hydrogen) atoms. The molecule has 0 radical (unpaired) electrons. The van der Waals surface area contributed by atoms with Crippen LogP contribution >= 0.6 is 0 Å². The second kappa shape index (κ2) is 6.61. The Morgan fingerprint density at radius 2 is 2.00 bits per heavy atom. The van der Waals surface area contributed by atoms with Crippen LogP contribution in [0.4, 0.5) is 0 Å². The lowest BCUT2D eigenvalue weighted by molar-refractivity contribution is 0.0683. The quantitative estimate of drug-likeness (QED) is 0.921. The number of piperidine rings is 1. The summed E-state index contributed by atoms with van der Waals surface area (Å²) in [4.78, 5) is 14.6. The third-order valence-corrected chi connectivity index (χ3v) is 5.53. The molecule has 1 aliphatic rings. The number of carbonyl (C=O) groups excluding carboxylic acids is 1. The van der Waals surface area contributed by atoms with E-state index in [-0.39, 0.29) is 10.8 Å². The molecule has 5 nitrogen and oxygen atoms in total. The Labute approximate surface area is 139 Å². The van der Waals surface area contributed by atoms with E-state index in [4.69, 9.17) is 0 Å². The van der Waals surface area contributed by atoms with Gasteiger partial charge < -0.3 is 4.90 Å². The highest BCUT2D eigenvalue weighted by molar-refractivity contribution is 7.89. The van der Waals surface area contributed by atoms with Gasteiger partial charge >= 0.3 is 0 Å². The molecule has 2 rings (SSSR count). The number of nitrogens with zero attached hydrogens (tertiary/aromatic N) is 1. The summed E-state index contributed by atoms with van der Waals surface area (Å²) in [5.74, 6) is 0.395. The summed E-state index contributed by atoms with van der Waals surface area (Å²) in [6, 6.07) is 6.29. The summed E-state index contributed by atoms with van der Waals surface area (Å²) in [7, 11) is -3.64. The lowest BCUT2D eigenvalue weighted by Crippen LogP contribution is -2.41. The van der Waals surface area contributed by atoms with Crippen LogP contribution in [0.1, 0.15) is 50.9 Å². The van der Waals surface area contributed by atoms with E-state index in [2.05, 4.69) is 11.6 Å². The first-order valence-electron chi connectivity index (χ1n) is 8.02. The maximum Gasteiger partial charge on any atom is 0.253 e. The largest absolute Gasteiger partial charge is 0.338 e. The van der Waals surface area contributed by atoms with Crippen LogP contribution in [0.15, 0.2) is 29.2 Å². The monoisotopic (exact) mass is 338 g/mol. The van der Waals surface area contributed by atoms with E-state index in [0.29, 0.717) is 11.5 Å². The predicted molar refractivity (Wildman–Crippen MR) is 90.8 cm³/mol. The Balaban J connectivity index is 2.24. The van der Waals surface area contributed by atoms with E-state index in [9.17, 15) is 13.2 Å². The molecule has 0 spiro atoms. The van der Waals surface area contributed by atoms with Gasteiger partial charge in [-0.25, -0.2) is 13.1 Å². The average Bonchev–Trinajstić information content (AvgIpc) is 2.44. The Hall–Kier alpha value is -1.40. The topological polar surface area (TPSA) is 66.5 Å². The van der Waals surface area contributed by atoms with Crippen LogP contribution in [0, 0.1) is 5.92 Å². The van der Waals surface area contributed by atoms with Crippen LogP contribution in [0.2, 0.25) is 0 Å². The first-order chi connectivity index (χ1) is 10.6. The van der Waals surface area contributed by atoms with Gasteiger partial charge in [0.05, 0.1) is 4.90 Å².